The maximum Gasteiger partial charge on any atom is 0.310 e. The van der Waals surface area contributed by atoms with Crippen LogP contribution in [0.4, 0.5) is 21.5 Å². The molecule has 1 heterocycles. The third-order valence-electron chi connectivity index (χ3n) is 5.82. The second-order valence-electron chi connectivity index (χ2n) is 10.4. The Hall–Kier alpha value is -3.09. The van der Waals surface area contributed by atoms with Crippen molar-refractivity contribution in [3.05, 3.63) is 53.3 Å². The third kappa shape index (κ3) is 6.70. The monoisotopic (exact) mass is 455 g/mol. The van der Waals surface area contributed by atoms with Gasteiger partial charge in [0.2, 0.25) is 0 Å². The second-order valence-corrected chi connectivity index (χ2v) is 10.4. The van der Waals surface area contributed by atoms with Gasteiger partial charge in [-0.3, -0.25) is 9.59 Å². The zero-order chi connectivity index (χ0) is 24.4. The first-order valence-electron chi connectivity index (χ1n) is 11.3. The molecule has 1 aliphatic heterocycles. The molecular formula is C26H34FN3O3. The van der Waals surface area contributed by atoms with Gasteiger partial charge in [-0.15, -0.1) is 0 Å². The van der Waals surface area contributed by atoms with Crippen LogP contribution in [0.25, 0.3) is 0 Å². The summed E-state index contributed by atoms with van der Waals surface area (Å²) in [7, 11) is 0. The molecule has 7 heteroatoms. The molecule has 1 amide bonds. The number of esters is 1. The summed E-state index contributed by atoms with van der Waals surface area (Å²) in [6.45, 7) is 11.7. The van der Waals surface area contributed by atoms with Crippen LogP contribution in [0.2, 0.25) is 0 Å². The van der Waals surface area contributed by atoms with Crippen molar-refractivity contribution in [1.29, 1.82) is 0 Å². The van der Waals surface area contributed by atoms with Crippen LogP contribution in [0.5, 0.6) is 0 Å². The highest BCUT2D eigenvalue weighted by Crippen LogP contribution is 2.34. The van der Waals surface area contributed by atoms with Crippen LogP contribution >= 0.6 is 0 Å². The van der Waals surface area contributed by atoms with Gasteiger partial charge in [-0.2, -0.15) is 0 Å². The van der Waals surface area contributed by atoms with Gasteiger partial charge < -0.3 is 20.7 Å². The van der Waals surface area contributed by atoms with E-state index in [0.29, 0.717) is 27.9 Å². The summed E-state index contributed by atoms with van der Waals surface area (Å²) >= 11 is 0. The number of hydrogen-bond donors (Lipinski definition) is 2. The van der Waals surface area contributed by atoms with Gasteiger partial charge in [-0.1, -0.05) is 13.8 Å². The Bertz CT molecular complexity index is 1030. The van der Waals surface area contributed by atoms with Crippen molar-refractivity contribution in [2.24, 2.45) is 5.41 Å². The lowest BCUT2D eigenvalue weighted by atomic mass is 9.82. The van der Waals surface area contributed by atoms with Crippen LogP contribution < -0.4 is 16.0 Å². The fraction of sp³-hybridized carbons (Fsp3) is 0.462. The number of halogens is 1. The highest BCUT2D eigenvalue weighted by atomic mass is 19.1. The topological polar surface area (TPSA) is 84.7 Å². The SMILES string of the molecule is CC1(C)CCN(c2ccc(C(=O)Nc3ccc(F)cc3CC(=O)OC(C)(C)C)cc2N)CC1. The minimum atomic E-state index is -0.656. The molecule has 0 unspecified atom stereocenters. The zero-order valence-electron chi connectivity index (χ0n) is 20.1. The van der Waals surface area contributed by atoms with Crippen LogP contribution in [0, 0.1) is 11.2 Å². The van der Waals surface area contributed by atoms with Gasteiger partial charge in [0.25, 0.3) is 5.91 Å². The van der Waals surface area contributed by atoms with Crippen molar-refractivity contribution < 1.29 is 18.7 Å². The molecule has 0 spiro atoms. The van der Waals surface area contributed by atoms with E-state index in [1.807, 2.05) is 6.07 Å². The first-order valence-corrected chi connectivity index (χ1v) is 11.3. The number of nitrogens with zero attached hydrogens (tertiary/aromatic N) is 1. The van der Waals surface area contributed by atoms with Crippen molar-refractivity contribution in [3.63, 3.8) is 0 Å². The molecule has 3 rings (SSSR count). The Balaban J connectivity index is 1.74. The van der Waals surface area contributed by atoms with Crippen molar-refractivity contribution in [2.45, 2.75) is 59.5 Å². The van der Waals surface area contributed by atoms with E-state index < -0.39 is 17.4 Å². The Morgan fingerprint density at radius 2 is 1.79 bits per heavy atom. The van der Waals surface area contributed by atoms with Crippen molar-refractivity contribution >= 4 is 28.9 Å². The third-order valence-corrected chi connectivity index (χ3v) is 5.82. The molecule has 0 atom stereocenters. The molecule has 6 nitrogen and oxygen atoms in total. The number of nitrogens with one attached hydrogen (secondary N) is 1. The van der Waals surface area contributed by atoms with Gasteiger partial charge in [0, 0.05) is 24.3 Å². The normalized spacial score (nSPS) is 15.8. The largest absolute Gasteiger partial charge is 0.460 e. The van der Waals surface area contributed by atoms with Gasteiger partial charge in [0.1, 0.15) is 11.4 Å². The van der Waals surface area contributed by atoms with Crippen molar-refractivity contribution in [3.8, 4) is 0 Å². The zero-order valence-corrected chi connectivity index (χ0v) is 20.1. The molecule has 178 valence electrons. The highest BCUT2D eigenvalue weighted by molar-refractivity contribution is 6.06. The van der Waals surface area contributed by atoms with E-state index in [9.17, 15) is 14.0 Å². The maximum absolute atomic E-state index is 13.8. The van der Waals surface area contributed by atoms with Crippen molar-refractivity contribution in [1.82, 2.24) is 0 Å². The lowest BCUT2D eigenvalue weighted by Crippen LogP contribution is -2.37. The maximum atomic E-state index is 13.8. The predicted octanol–water partition coefficient (Wildman–Crippen LogP) is 5.17. The number of benzene rings is 2. The standard InChI is InChI=1S/C26H34FN3O3/c1-25(2,3)33-23(31)16-18-14-19(27)7-8-21(18)29-24(32)17-6-9-22(20(28)15-17)30-12-10-26(4,5)11-13-30/h6-9,14-15H,10-13,16,28H2,1-5H3,(H,29,32). The van der Waals surface area contributed by atoms with Crippen molar-refractivity contribution in [2.75, 3.05) is 29.0 Å². The number of hydrogen-bond acceptors (Lipinski definition) is 5. The highest BCUT2D eigenvalue weighted by Gasteiger charge is 2.26. The summed E-state index contributed by atoms with van der Waals surface area (Å²) < 4.78 is 19.2. The predicted molar refractivity (Wildman–Crippen MR) is 130 cm³/mol. The van der Waals surface area contributed by atoms with E-state index in [4.69, 9.17) is 10.5 Å². The van der Waals surface area contributed by atoms with Crippen LogP contribution in [0.15, 0.2) is 36.4 Å². The molecule has 33 heavy (non-hydrogen) atoms. The van der Waals surface area contributed by atoms with E-state index in [0.717, 1.165) is 31.6 Å². The van der Waals surface area contributed by atoms with Crippen LogP contribution in [-0.2, 0) is 16.0 Å². The number of amides is 1. The molecular weight excluding hydrogens is 421 g/mol. The molecule has 1 saturated heterocycles. The smallest absolute Gasteiger partial charge is 0.310 e. The molecule has 1 fully saturated rings. The molecule has 0 aromatic heterocycles. The van der Waals surface area contributed by atoms with E-state index in [2.05, 4.69) is 24.1 Å². The quantitative estimate of drug-likeness (QED) is 0.480. The Morgan fingerprint density at radius 1 is 1.12 bits per heavy atom. The van der Waals surface area contributed by atoms with E-state index >= 15 is 0 Å². The van der Waals surface area contributed by atoms with Gasteiger partial charge in [-0.25, -0.2) is 4.39 Å². The Kier molecular flexibility index (Phi) is 7.00. The van der Waals surface area contributed by atoms with E-state index in [-0.39, 0.29) is 12.3 Å². The first-order chi connectivity index (χ1) is 15.3. The molecule has 2 aromatic rings. The second kappa shape index (κ2) is 9.41. The summed E-state index contributed by atoms with van der Waals surface area (Å²) in [5.74, 6) is -1.38. The fourth-order valence-electron chi connectivity index (χ4n) is 3.89. The number of nitrogens with two attached hydrogens (primary N) is 1. The average molecular weight is 456 g/mol. The summed E-state index contributed by atoms with van der Waals surface area (Å²) in [4.78, 5) is 27.4. The molecule has 0 bridgehead atoms. The number of nitrogen functional groups attached to an aromatic ring is 1. The van der Waals surface area contributed by atoms with Gasteiger partial charge in [-0.05, 0) is 81.0 Å². The summed E-state index contributed by atoms with van der Waals surface area (Å²) in [6.07, 6.45) is 2.01. The van der Waals surface area contributed by atoms with Crippen LogP contribution in [0.1, 0.15) is 63.4 Å². The number of carbonyl (C=O) groups is 2. The summed E-state index contributed by atoms with van der Waals surface area (Å²) in [5.41, 5.74) is 8.52. The number of carbonyl (C=O) groups excluding carboxylic acids is 2. The lowest BCUT2D eigenvalue weighted by Gasteiger charge is -2.38. The summed E-state index contributed by atoms with van der Waals surface area (Å²) in [5, 5.41) is 2.78. The Labute approximate surface area is 195 Å². The van der Waals surface area contributed by atoms with Gasteiger partial charge in [0.05, 0.1) is 17.8 Å². The molecule has 0 saturated carbocycles. The first kappa shape index (κ1) is 24.6. The minimum absolute atomic E-state index is 0.156. The van der Waals surface area contributed by atoms with Crippen LogP contribution in [0.3, 0.4) is 0 Å². The van der Waals surface area contributed by atoms with Gasteiger partial charge >= 0.3 is 5.97 Å². The molecule has 0 aliphatic carbocycles. The number of anilines is 3. The average Bonchev–Trinajstić information content (AvgIpc) is 2.69. The summed E-state index contributed by atoms with van der Waals surface area (Å²) in [6, 6.07) is 9.17. The molecule has 0 radical (unpaired) electrons. The van der Waals surface area contributed by atoms with Gasteiger partial charge in [0.15, 0.2) is 0 Å². The molecule has 1 aliphatic rings. The fourth-order valence-corrected chi connectivity index (χ4v) is 3.89. The Morgan fingerprint density at radius 3 is 2.39 bits per heavy atom. The number of ether oxygens (including phenoxy) is 1. The van der Waals surface area contributed by atoms with E-state index in [1.165, 1.54) is 18.2 Å². The van der Waals surface area contributed by atoms with Crippen LogP contribution in [-0.4, -0.2) is 30.6 Å². The lowest BCUT2D eigenvalue weighted by molar-refractivity contribution is -0.153. The molecule has 2 aromatic carbocycles. The molecule has 3 N–H and O–H groups in total. The number of piperidine rings is 1. The number of rotatable bonds is 5. The van der Waals surface area contributed by atoms with E-state index in [1.54, 1.807) is 32.9 Å². The minimum Gasteiger partial charge on any atom is -0.460 e.